The number of rotatable bonds is 3. The fourth-order valence-electron chi connectivity index (χ4n) is 2.41. The summed E-state index contributed by atoms with van der Waals surface area (Å²) in [5, 5.41) is 5.88. The zero-order chi connectivity index (χ0) is 13.0. The number of carbonyl (C=O) groups is 1. The second-order valence-electron chi connectivity index (χ2n) is 5.04. The maximum Gasteiger partial charge on any atom is 0.253 e. The van der Waals surface area contributed by atoms with E-state index < -0.39 is 0 Å². The van der Waals surface area contributed by atoms with Gasteiger partial charge in [0.2, 0.25) is 0 Å². The molecule has 1 aromatic carbocycles. The highest BCUT2D eigenvalue weighted by atomic mass is 16.3. The van der Waals surface area contributed by atoms with E-state index in [2.05, 4.69) is 17.4 Å². The predicted octanol–water partition coefficient (Wildman–Crippen LogP) is 3.39. The van der Waals surface area contributed by atoms with Crippen molar-refractivity contribution in [3.63, 3.8) is 0 Å². The topological polar surface area (TPSA) is 58.5 Å². The van der Waals surface area contributed by atoms with Crippen LogP contribution in [0, 0.1) is 10.8 Å². The third-order valence-electron chi connectivity index (χ3n) is 3.60. The second-order valence-corrected chi connectivity index (χ2v) is 5.04. The van der Waals surface area contributed by atoms with Gasteiger partial charge in [0.1, 0.15) is 5.69 Å². The molecule has 0 unspecified atom stereocenters. The maximum atomic E-state index is 12.1. The van der Waals surface area contributed by atoms with E-state index in [4.69, 9.17) is 0 Å². The van der Waals surface area contributed by atoms with Crippen LogP contribution in [0.2, 0.25) is 0 Å². The number of carbonyl (C=O) groups excluding carboxylic acids is 1. The lowest BCUT2D eigenvalue weighted by atomic mass is 9.87. The summed E-state index contributed by atoms with van der Waals surface area (Å²) in [6.07, 6.45) is 4.34. The molecular formula is C14H18N2O2. The number of amides is 1. The zero-order valence-corrected chi connectivity index (χ0v) is 10.6. The molecule has 0 heterocycles. The van der Waals surface area contributed by atoms with E-state index in [1.165, 1.54) is 0 Å². The van der Waals surface area contributed by atoms with Gasteiger partial charge in [0.15, 0.2) is 0 Å². The van der Waals surface area contributed by atoms with Gasteiger partial charge in [-0.25, -0.2) is 0 Å². The molecular weight excluding hydrogens is 228 g/mol. The number of benzene rings is 1. The van der Waals surface area contributed by atoms with Gasteiger partial charge in [-0.05, 0) is 48.9 Å². The van der Waals surface area contributed by atoms with Crippen LogP contribution < -0.4 is 5.32 Å². The quantitative estimate of drug-likeness (QED) is 0.831. The highest BCUT2D eigenvalue weighted by Crippen LogP contribution is 2.24. The first-order valence-electron chi connectivity index (χ1n) is 6.44. The molecule has 0 aliphatic heterocycles. The van der Waals surface area contributed by atoms with Crippen molar-refractivity contribution in [2.24, 2.45) is 11.1 Å². The molecule has 0 atom stereocenters. The van der Waals surface area contributed by atoms with Gasteiger partial charge in [-0.2, -0.15) is 0 Å². The Morgan fingerprint density at radius 2 is 1.89 bits per heavy atom. The van der Waals surface area contributed by atoms with Gasteiger partial charge in [-0.1, -0.05) is 19.1 Å². The van der Waals surface area contributed by atoms with Crippen LogP contribution in [-0.2, 0) is 0 Å². The van der Waals surface area contributed by atoms with Crippen LogP contribution >= 0.6 is 0 Å². The molecule has 1 aliphatic rings. The highest BCUT2D eigenvalue weighted by Gasteiger charge is 2.21. The summed E-state index contributed by atoms with van der Waals surface area (Å²) in [4.78, 5) is 22.7. The minimum Gasteiger partial charge on any atom is -0.349 e. The Kier molecular flexibility index (Phi) is 4.07. The Bertz CT molecular complexity index is 437. The Morgan fingerprint density at radius 3 is 2.56 bits per heavy atom. The standard InChI is InChI=1S/C14H18N2O2/c1-10-6-8-11(9-7-10)15-14(17)12-4-2-3-5-13(12)16-18/h2-5,10-11H,6-9H2,1H3,(H,15,17)/t10-,11+. The third-order valence-corrected chi connectivity index (χ3v) is 3.60. The fourth-order valence-corrected chi connectivity index (χ4v) is 2.41. The highest BCUT2D eigenvalue weighted by molar-refractivity contribution is 5.99. The molecule has 0 bridgehead atoms. The van der Waals surface area contributed by atoms with Crippen LogP contribution in [0.5, 0.6) is 0 Å². The van der Waals surface area contributed by atoms with Crippen molar-refractivity contribution in [1.82, 2.24) is 5.32 Å². The number of hydrogen-bond donors (Lipinski definition) is 1. The van der Waals surface area contributed by atoms with Crippen molar-refractivity contribution in [3.05, 3.63) is 34.7 Å². The average Bonchev–Trinajstić information content (AvgIpc) is 2.41. The van der Waals surface area contributed by atoms with Crippen molar-refractivity contribution in [1.29, 1.82) is 0 Å². The van der Waals surface area contributed by atoms with Crippen LogP contribution in [0.4, 0.5) is 5.69 Å². The Balaban J connectivity index is 2.01. The Morgan fingerprint density at radius 1 is 1.22 bits per heavy atom. The van der Waals surface area contributed by atoms with E-state index in [1.807, 2.05) is 0 Å². The molecule has 18 heavy (non-hydrogen) atoms. The monoisotopic (exact) mass is 246 g/mol. The molecule has 1 aliphatic carbocycles. The number of nitroso groups, excluding NO2 is 1. The molecule has 1 fully saturated rings. The van der Waals surface area contributed by atoms with Gasteiger partial charge >= 0.3 is 0 Å². The molecule has 2 rings (SSSR count). The smallest absolute Gasteiger partial charge is 0.253 e. The summed E-state index contributed by atoms with van der Waals surface area (Å²) in [5.41, 5.74) is 0.574. The third kappa shape index (κ3) is 2.94. The number of nitrogens with one attached hydrogen (secondary N) is 1. The van der Waals surface area contributed by atoms with Crippen LogP contribution in [0.3, 0.4) is 0 Å². The van der Waals surface area contributed by atoms with Gasteiger partial charge in [-0.15, -0.1) is 4.91 Å². The molecule has 1 aromatic rings. The number of hydrogen-bond acceptors (Lipinski definition) is 3. The second kappa shape index (κ2) is 5.76. The van der Waals surface area contributed by atoms with Gasteiger partial charge in [0, 0.05) is 6.04 Å². The first-order chi connectivity index (χ1) is 8.70. The van der Waals surface area contributed by atoms with Crippen molar-refractivity contribution < 1.29 is 4.79 Å². The molecule has 0 radical (unpaired) electrons. The lowest BCUT2D eigenvalue weighted by Crippen LogP contribution is -2.37. The van der Waals surface area contributed by atoms with Gasteiger partial charge in [0.05, 0.1) is 5.56 Å². The largest absolute Gasteiger partial charge is 0.349 e. The van der Waals surface area contributed by atoms with Crippen molar-refractivity contribution in [2.75, 3.05) is 0 Å². The normalized spacial score (nSPS) is 23.4. The van der Waals surface area contributed by atoms with E-state index >= 15 is 0 Å². The van der Waals surface area contributed by atoms with Gasteiger partial charge in [-0.3, -0.25) is 4.79 Å². The van der Waals surface area contributed by atoms with Crippen LogP contribution in [0.25, 0.3) is 0 Å². The van der Waals surface area contributed by atoms with E-state index in [1.54, 1.807) is 24.3 Å². The zero-order valence-electron chi connectivity index (χ0n) is 10.6. The van der Waals surface area contributed by atoms with E-state index in [0.717, 1.165) is 31.6 Å². The first-order valence-corrected chi connectivity index (χ1v) is 6.44. The van der Waals surface area contributed by atoms with Crippen LogP contribution in [-0.4, -0.2) is 11.9 Å². The van der Waals surface area contributed by atoms with Crippen molar-refractivity contribution in [3.8, 4) is 0 Å². The summed E-state index contributed by atoms with van der Waals surface area (Å²) in [6, 6.07) is 6.87. The lowest BCUT2D eigenvalue weighted by Gasteiger charge is -2.26. The summed E-state index contributed by atoms with van der Waals surface area (Å²) in [6.45, 7) is 2.24. The van der Waals surface area contributed by atoms with Crippen LogP contribution in [0.1, 0.15) is 43.0 Å². The minimum atomic E-state index is -0.190. The lowest BCUT2D eigenvalue weighted by molar-refractivity contribution is 0.0923. The fraction of sp³-hybridized carbons (Fsp3) is 0.500. The van der Waals surface area contributed by atoms with Gasteiger partial charge in [0.25, 0.3) is 5.91 Å². The summed E-state index contributed by atoms with van der Waals surface area (Å²) < 4.78 is 0. The molecule has 96 valence electrons. The van der Waals surface area contributed by atoms with Crippen molar-refractivity contribution in [2.45, 2.75) is 38.6 Å². The summed E-state index contributed by atoms with van der Waals surface area (Å²) in [7, 11) is 0. The SMILES string of the molecule is C[C@H]1CC[C@@H](NC(=O)c2ccccc2N=O)CC1. The minimum absolute atomic E-state index is 0.190. The van der Waals surface area contributed by atoms with Crippen molar-refractivity contribution >= 4 is 11.6 Å². The average molecular weight is 246 g/mol. The molecule has 1 N–H and O–H groups in total. The summed E-state index contributed by atoms with van der Waals surface area (Å²) >= 11 is 0. The van der Waals surface area contributed by atoms with Gasteiger partial charge < -0.3 is 5.32 Å². The number of nitrogens with zero attached hydrogens (tertiary/aromatic N) is 1. The maximum absolute atomic E-state index is 12.1. The Labute approximate surface area is 107 Å². The summed E-state index contributed by atoms with van der Waals surface area (Å²) in [5.74, 6) is 0.562. The molecule has 0 spiro atoms. The van der Waals surface area contributed by atoms with Crippen LogP contribution in [0.15, 0.2) is 29.4 Å². The first kappa shape index (κ1) is 12.7. The van der Waals surface area contributed by atoms with E-state index in [-0.39, 0.29) is 17.6 Å². The molecule has 1 amide bonds. The van der Waals surface area contributed by atoms with E-state index in [9.17, 15) is 9.70 Å². The predicted molar refractivity (Wildman–Crippen MR) is 70.8 cm³/mol. The molecule has 4 heteroatoms. The molecule has 0 saturated heterocycles. The molecule has 0 aromatic heterocycles. The molecule has 1 saturated carbocycles. The molecule has 4 nitrogen and oxygen atoms in total. The Hall–Kier alpha value is -1.71. The van der Waals surface area contributed by atoms with E-state index in [0.29, 0.717) is 5.56 Å².